The molecule has 0 fully saturated rings. The summed E-state index contributed by atoms with van der Waals surface area (Å²) >= 11 is 7.74. The average Bonchev–Trinajstić information content (AvgIpc) is 3.26. The van der Waals surface area contributed by atoms with Crippen molar-refractivity contribution in [2.24, 2.45) is 5.10 Å². The van der Waals surface area contributed by atoms with Gasteiger partial charge in [-0.3, -0.25) is 5.01 Å². The zero-order chi connectivity index (χ0) is 15.6. The van der Waals surface area contributed by atoms with Crippen molar-refractivity contribution in [1.29, 1.82) is 0 Å². The largest absolute Gasteiger partial charge is 0.264 e. The van der Waals surface area contributed by atoms with E-state index in [1.165, 1.54) is 10.4 Å². The van der Waals surface area contributed by atoms with E-state index in [2.05, 4.69) is 52.9 Å². The minimum atomic E-state index is 0.283. The van der Waals surface area contributed by atoms with E-state index in [1.807, 2.05) is 24.3 Å². The Hall–Kier alpha value is -2.10. The first-order chi connectivity index (χ1) is 11.3. The van der Waals surface area contributed by atoms with Crippen molar-refractivity contribution in [2.45, 2.75) is 5.92 Å². The van der Waals surface area contributed by atoms with Crippen molar-refractivity contribution in [1.82, 2.24) is 0 Å². The quantitative estimate of drug-likeness (QED) is 0.623. The molecule has 4 heteroatoms. The number of hydrazone groups is 1. The highest BCUT2D eigenvalue weighted by Gasteiger charge is 2.30. The van der Waals surface area contributed by atoms with Crippen molar-refractivity contribution >= 4 is 34.3 Å². The highest BCUT2D eigenvalue weighted by molar-refractivity contribution is 7.12. The van der Waals surface area contributed by atoms with E-state index >= 15 is 0 Å². The fourth-order valence-corrected chi connectivity index (χ4v) is 3.76. The number of hydrogen-bond donors (Lipinski definition) is 0. The summed E-state index contributed by atoms with van der Waals surface area (Å²) in [4.78, 5) is 1.23. The number of thiophene rings is 1. The molecule has 0 saturated heterocycles. The van der Waals surface area contributed by atoms with Crippen LogP contribution in [0.25, 0.3) is 0 Å². The summed E-state index contributed by atoms with van der Waals surface area (Å²) in [5.74, 6) is 0.283. The third-order valence-electron chi connectivity index (χ3n) is 4.01. The maximum absolute atomic E-state index is 6.00. The molecule has 1 aliphatic heterocycles. The third kappa shape index (κ3) is 2.90. The van der Waals surface area contributed by atoms with E-state index in [1.54, 1.807) is 11.3 Å². The van der Waals surface area contributed by atoms with Crippen LogP contribution >= 0.6 is 22.9 Å². The standard InChI is InChI=1S/C19H15ClN2S/c20-15-8-10-16(11-9-15)22-13-17(14-5-2-1-3-6-14)19(21-22)18-7-4-12-23-18/h1-12,17H,13H2/t17-/m0/s1. The van der Waals surface area contributed by atoms with Crippen LogP contribution in [0.4, 0.5) is 5.69 Å². The Kier molecular flexibility index (Phi) is 3.90. The van der Waals surface area contributed by atoms with Gasteiger partial charge in [-0.25, -0.2) is 0 Å². The molecule has 0 saturated carbocycles. The predicted molar refractivity (Wildman–Crippen MR) is 98.8 cm³/mol. The molecule has 0 aliphatic carbocycles. The fraction of sp³-hybridized carbons (Fsp3) is 0.105. The van der Waals surface area contributed by atoms with E-state index in [0.29, 0.717) is 0 Å². The van der Waals surface area contributed by atoms with Gasteiger partial charge >= 0.3 is 0 Å². The molecule has 0 amide bonds. The van der Waals surface area contributed by atoms with Crippen LogP contribution in [-0.2, 0) is 0 Å². The second kappa shape index (κ2) is 6.19. The molecule has 0 spiro atoms. The van der Waals surface area contributed by atoms with Gasteiger partial charge in [-0.15, -0.1) is 11.3 Å². The van der Waals surface area contributed by atoms with Crippen LogP contribution in [0.1, 0.15) is 16.4 Å². The lowest BCUT2D eigenvalue weighted by molar-refractivity contribution is 0.851. The molecule has 1 aliphatic rings. The predicted octanol–water partition coefficient (Wildman–Crippen LogP) is 5.41. The van der Waals surface area contributed by atoms with Crippen LogP contribution in [0.5, 0.6) is 0 Å². The fourth-order valence-electron chi connectivity index (χ4n) is 2.87. The second-order valence-corrected chi connectivity index (χ2v) is 6.87. The lowest BCUT2D eigenvalue weighted by Gasteiger charge is -2.16. The summed E-state index contributed by atoms with van der Waals surface area (Å²) in [5.41, 5.74) is 3.51. The summed E-state index contributed by atoms with van der Waals surface area (Å²) in [6, 6.07) is 22.7. The molecule has 0 radical (unpaired) electrons. The van der Waals surface area contributed by atoms with Gasteiger partial charge in [0.05, 0.1) is 22.8 Å². The van der Waals surface area contributed by atoms with Crippen molar-refractivity contribution in [3.8, 4) is 0 Å². The third-order valence-corrected chi connectivity index (χ3v) is 5.16. The number of rotatable bonds is 3. The van der Waals surface area contributed by atoms with Crippen molar-refractivity contribution in [2.75, 3.05) is 11.6 Å². The molecule has 3 aromatic rings. The summed E-state index contributed by atoms with van der Waals surface area (Å²) in [5, 5.41) is 9.83. The van der Waals surface area contributed by atoms with E-state index in [9.17, 15) is 0 Å². The monoisotopic (exact) mass is 338 g/mol. The molecule has 0 N–H and O–H groups in total. The van der Waals surface area contributed by atoms with Gasteiger partial charge in [0.25, 0.3) is 0 Å². The van der Waals surface area contributed by atoms with Crippen LogP contribution in [0.15, 0.2) is 77.2 Å². The molecular formula is C19H15ClN2S. The number of anilines is 1. The molecule has 0 unspecified atom stereocenters. The number of nitrogens with zero attached hydrogens (tertiary/aromatic N) is 2. The maximum Gasteiger partial charge on any atom is 0.0874 e. The van der Waals surface area contributed by atoms with E-state index < -0.39 is 0 Å². The molecule has 2 heterocycles. The topological polar surface area (TPSA) is 15.6 Å². The Labute approximate surface area is 144 Å². The van der Waals surface area contributed by atoms with Crippen LogP contribution in [0, 0.1) is 0 Å². The molecule has 114 valence electrons. The molecule has 0 bridgehead atoms. The molecule has 2 nitrogen and oxygen atoms in total. The van der Waals surface area contributed by atoms with Crippen molar-refractivity contribution in [3.63, 3.8) is 0 Å². The van der Waals surface area contributed by atoms with E-state index in [4.69, 9.17) is 16.7 Å². The first kappa shape index (κ1) is 14.5. The Morgan fingerprint density at radius 2 is 1.74 bits per heavy atom. The first-order valence-corrected chi connectivity index (χ1v) is 8.77. The van der Waals surface area contributed by atoms with Gasteiger partial charge in [0.1, 0.15) is 0 Å². The molecule has 4 rings (SSSR count). The molecule has 1 atom stereocenters. The summed E-state index contributed by atoms with van der Waals surface area (Å²) in [6.07, 6.45) is 0. The molecule has 1 aromatic heterocycles. The van der Waals surface area contributed by atoms with Crippen molar-refractivity contribution < 1.29 is 0 Å². The molecule has 23 heavy (non-hydrogen) atoms. The van der Waals surface area contributed by atoms with Crippen LogP contribution < -0.4 is 5.01 Å². The summed E-state index contributed by atoms with van der Waals surface area (Å²) < 4.78 is 0. The van der Waals surface area contributed by atoms with Crippen LogP contribution in [-0.4, -0.2) is 12.3 Å². The Morgan fingerprint density at radius 3 is 2.43 bits per heavy atom. The van der Waals surface area contributed by atoms with Crippen LogP contribution in [0.3, 0.4) is 0 Å². The zero-order valence-corrected chi connectivity index (χ0v) is 14.0. The summed E-state index contributed by atoms with van der Waals surface area (Å²) in [7, 11) is 0. The molecular weight excluding hydrogens is 324 g/mol. The highest BCUT2D eigenvalue weighted by atomic mass is 35.5. The number of hydrogen-bond acceptors (Lipinski definition) is 3. The van der Waals surface area contributed by atoms with Gasteiger partial charge in [-0.1, -0.05) is 48.0 Å². The smallest absolute Gasteiger partial charge is 0.0874 e. The average molecular weight is 339 g/mol. The van der Waals surface area contributed by atoms with Crippen LogP contribution in [0.2, 0.25) is 5.02 Å². The highest BCUT2D eigenvalue weighted by Crippen LogP contribution is 2.33. The lowest BCUT2D eigenvalue weighted by Crippen LogP contribution is -2.17. The minimum absolute atomic E-state index is 0.283. The number of halogens is 1. The lowest BCUT2D eigenvalue weighted by atomic mass is 9.94. The molecule has 2 aromatic carbocycles. The van der Waals surface area contributed by atoms with Gasteiger partial charge in [0.2, 0.25) is 0 Å². The Morgan fingerprint density at radius 1 is 0.957 bits per heavy atom. The van der Waals surface area contributed by atoms with Gasteiger partial charge in [0.15, 0.2) is 0 Å². The second-order valence-electron chi connectivity index (χ2n) is 5.48. The van der Waals surface area contributed by atoms with E-state index in [0.717, 1.165) is 23.0 Å². The zero-order valence-electron chi connectivity index (χ0n) is 12.4. The van der Waals surface area contributed by atoms with Gasteiger partial charge in [-0.2, -0.15) is 5.10 Å². The number of benzene rings is 2. The SMILES string of the molecule is Clc1ccc(N2C[C@@H](c3ccccc3)C(c3cccs3)=N2)cc1. The maximum atomic E-state index is 6.00. The minimum Gasteiger partial charge on any atom is -0.264 e. The van der Waals surface area contributed by atoms with E-state index in [-0.39, 0.29) is 5.92 Å². The Balaban J connectivity index is 1.73. The Bertz CT molecular complexity index is 810. The normalized spacial score (nSPS) is 17.3. The van der Waals surface area contributed by atoms with Gasteiger partial charge in [-0.05, 0) is 41.3 Å². The summed E-state index contributed by atoms with van der Waals surface area (Å²) in [6.45, 7) is 0.846. The van der Waals surface area contributed by atoms with Gasteiger partial charge in [0, 0.05) is 10.9 Å². The van der Waals surface area contributed by atoms with Crippen molar-refractivity contribution in [3.05, 3.63) is 87.6 Å². The first-order valence-electron chi connectivity index (χ1n) is 7.52. The van der Waals surface area contributed by atoms with Gasteiger partial charge < -0.3 is 0 Å².